The maximum Gasteiger partial charge on any atom is 0.230 e. The van der Waals surface area contributed by atoms with Crippen molar-refractivity contribution in [2.75, 3.05) is 13.1 Å². The van der Waals surface area contributed by atoms with E-state index in [1.165, 1.54) is 0 Å². The largest absolute Gasteiger partial charge is 0.331 e. The smallest absolute Gasteiger partial charge is 0.230 e. The van der Waals surface area contributed by atoms with Crippen LogP contribution in [0.4, 0.5) is 0 Å². The molecule has 0 spiro atoms. The zero-order valence-electron chi connectivity index (χ0n) is 9.81. The van der Waals surface area contributed by atoms with Gasteiger partial charge in [0.25, 0.3) is 0 Å². The molecule has 1 aromatic carbocycles. The fraction of sp³-hybridized carbons (Fsp3) is 0.357. The van der Waals surface area contributed by atoms with E-state index in [4.69, 9.17) is 6.42 Å². The van der Waals surface area contributed by atoms with Crippen LogP contribution in [0.3, 0.4) is 0 Å². The first kappa shape index (κ1) is 12.3. The molecular formula is C14H17NO. The van der Waals surface area contributed by atoms with E-state index in [1.807, 2.05) is 44.2 Å². The van der Waals surface area contributed by atoms with Crippen LogP contribution in [0.15, 0.2) is 30.3 Å². The molecule has 0 saturated carbocycles. The topological polar surface area (TPSA) is 20.3 Å². The molecule has 0 aromatic heterocycles. The van der Waals surface area contributed by atoms with E-state index in [-0.39, 0.29) is 11.8 Å². The Balaban J connectivity index is 2.78. The molecule has 0 aliphatic rings. The van der Waals surface area contributed by atoms with Gasteiger partial charge in [-0.05, 0) is 19.4 Å². The summed E-state index contributed by atoms with van der Waals surface area (Å²) >= 11 is 0. The summed E-state index contributed by atoms with van der Waals surface area (Å²) in [7, 11) is 0. The number of likely N-dealkylation sites (N-methyl/N-ethyl adjacent to an activating group) is 1. The van der Waals surface area contributed by atoms with Crippen LogP contribution >= 0.6 is 0 Å². The van der Waals surface area contributed by atoms with Gasteiger partial charge >= 0.3 is 0 Å². The Bertz CT molecular complexity index is 377. The van der Waals surface area contributed by atoms with Gasteiger partial charge in [-0.15, -0.1) is 6.42 Å². The van der Waals surface area contributed by atoms with Crippen molar-refractivity contribution in [3.8, 4) is 12.3 Å². The summed E-state index contributed by atoms with van der Waals surface area (Å²) in [5.74, 6) is 2.47. The van der Waals surface area contributed by atoms with Crippen molar-refractivity contribution in [2.45, 2.75) is 19.8 Å². The minimum atomic E-state index is -0.130. The Labute approximate surface area is 97.3 Å². The van der Waals surface area contributed by atoms with Crippen LogP contribution in [0.5, 0.6) is 0 Å². The Hall–Kier alpha value is -1.75. The first-order valence-corrected chi connectivity index (χ1v) is 5.47. The SMILES string of the molecule is C#CCN(CC)C(=O)C(C)c1ccccc1. The van der Waals surface area contributed by atoms with Crippen LogP contribution in [-0.4, -0.2) is 23.9 Å². The monoisotopic (exact) mass is 215 g/mol. The van der Waals surface area contributed by atoms with Crippen LogP contribution in [0.2, 0.25) is 0 Å². The molecular weight excluding hydrogens is 198 g/mol. The van der Waals surface area contributed by atoms with E-state index < -0.39 is 0 Å². The second kappa shape index (κ2) is 5.97. The number of rotatable bonds is 4. The highest BCUT2D eigenvalue weighted by Crippen LogP contribution is 2.17. The van der Waals surface area contributed by atoms with Crippen molar-refractivity contribution in [1.82, 2.24) is 4.90 Å². The van der Waals surface area contributed by atoms with Crippen molar-refractivity contribution < 1.29 is 4.79 Å². The predicted octanol–water partition coefficient (Wildman–Crippen LogP) is 2.27. The van der Waals surface area contributed by atoms with Gasteiger partial charge in [-0.2, -0.15) is 0 Å². The molecule has 0 aliphatic heterocycles. The highest BCUT2D eigenvalue weighted by Gasteiger charge is 2.19. The average molecular weight is 215 g/mol. The van der Waals surface area contributed by atoms with Gasteiger partial charge in [0.05, 0.1) is 12.5 Å². The lowest BCUT2D eigenvalue weighted by atomic mass is 10.00. The highest BCUT2D eigenvalue weighted by molar-refractivity contribution is 5.83. The van der Waals surface area contributed by atoms with Gasteiger partial charge in [0, 0.05) is 6.54 Å². The standard InChI is InChI=1S/C14H17NO/c1-4-11-15(5-2)14(16)12(3)13-9-7-6-8-10-13/h1,6-10,12H,5,11H2,2-3H3. The molecule has 16 heavy (non-hydrogen) atoms. The van der Waals surface area contributed by atoms with Gasteiger partial charge in [0.15, 0.2) is 0 Å². The molecule has 0 fully saturated rings. The molecule has 1 aromatic rings. The normalized spacial score (nSPS) is 11.6. The van der Waals surface area contributed by atoms with E-state index in [0.717, 1.165) is 5.56 Å². The molecule has 0 N–H and O–H groups in total. The van der Waals surface area contributed by atoms with Crippen LogP contribution in [-0.2, 0) is 4.79 Å². The fourth-order valence-corrected chi connectivity index (χ4v) is 1.61. The van der Waals surface area contributed by atoms with Gasteiger partial charge in [0.1, 0.15) is 0 Å². The van der Waals surface area contributed by atoms with Gasteiger partial charge in [0.2, 0.25) is 5.91 Å². The van der Waals surface area contributed by atoms with E-state index in [9.17, 15) is 4.79 Å². The third-order valence-corrected chi connectivity index (χ3v) is 2.65. The van der Waals surface area contributed by atoms with E-state index in [0.29, 0.717) is 13.1 Å². The third-order valence-electron chi connectivity index (χ3n) is 2.65. The van der Waals surface area contributed by atoms with Gasteiger partial charge < -0.3 is 4.90 Å². The number of nitrogens with zero attached hydrogens (tertiary/aromatic N) is 1. The lowest BCUT2D eigenvalue weighted by Crippen LogP contribution is -2.34. The predicted molar refractivity (Wildman–Crippen MR) is 65.9 cm³/mol. The average Bonchev–Trinajstić information content (AvgIpc) is 2.35. The number of hydrogen-bond acceptors (Lipinski definition) is 1. The second-order valence-corrected chi connectivity index (χ2v) is 3.69. The van der Waals surface area contributed by atoms with Crippen molar-refractivity contribution in [2.24, 2.45) is 0 Å². The maximum absolute atomic E-state index is 12.1. The van der Waals surface area contributed by atoms with Crippen molar-refractivity contribution in [1.29, 1.82) is 0 Å². The van der Waals surface area contributed by atoms with E-state index in [1.54, 1.807) is 4.90 Å². The molecule has 0 radical (unpaired) electrons. The number of benzene rings is 1. The van der Waals surface area contributed by atoms with Crippen LogP contribution in [0.1, 0.15) is 25.3 Å². The van der Waals surface area contributed by atoms with E-state index in [2.05, 4.69) is 5.92 Å². The molecule has 0 bridgehead atoms. The summed E-state index contributed by atoms with van der Waals surface area (Å²) in [6.45, 7) is 4.89. The lowest BCUT2D eigenvalue weighted by Gasteiger charge is -2.22. The quantitative estimate of drug-likeness (QED) is 0.706. The second-order valence-electron chi connectivity index (χ2n) is 3.69. The Morgan fingerprint density at radius 2 is 2.06 bits per heavy atom. The van der Waals surface area contributed by atoms with Gasteiger partial charge in [-0.1, -0.05) is 36.3 Å². The molecule has 0 aliphatic carbocycles. The van der Waals surface area contributed by atoms with Crippen molar-refractivity contribution >= 4 is 5.91 Å². The highest BCUT2D eigenvalue weighted by atomic mass is 16.2. The number of carbonyl (C=O) groups is 1. The Morgan fingerprint density at radius 3 is 2.56 bits per heavy atom. The number of hydrogen-bond donors (Lipinski definition) is 0. The minimum absolute atomic E-state index is 0.0895. The first-order valence-electron chi connectivity index (χ1n) is 5.47. The Morgan fingerprint density at radius 1 is 1.44 bits per heavy atom. The molecule has 0 saturated heterocycles. The summed E-state index contributed by atoms with van der Waals surface area (Å²) < 4.78 is 0. The van der Waals surface area contributed by atoms with Gasteiger partial charge in [-0.25, -0.2) is 0 Å². The summed E-state index contributed by atoms with van der Waals surface area (Å²) in [6, 6.07) is 9.76. The zero-order valence-corrected chi connectivity index (χ0v) is 9.81. The van der Waals surface area contributed by atoms with E-state index >= 15 is 0 Å². The molecule has 1 rings (SSSR count). The zero-order chi connectivity index (χ0) is 12.0. The fourth-order valence-electron chi connectivity index (χ4n) is 1.61. The number of carbonyl (C=O) groups excluding carboxylic acids is 1. The first-order chi connectivity index (χ1) is 7.70. The molecule has 1 unspecified atom stereocenters. The summed E-state index contributed by atoms with van der Waals surface area (Å²) in [5.41, 5.74) is 1.03. The van der Waals surface area contributed by atoms with Crippen LogP contribution < -0.4 is 0 Å². The number of terminal acetylenes is 1. The molecule has 2 heteroatoms. The van der Waals surface area contributed by atoms with Crippen LogP contribution in [0, 0.1) is 12.3 Å². The Kier molecular flexibility index (Phi) is 4.60. The maximum atomic E-state index is 12.1. The van der Waals surface area contributed by atoms with Crippen molar-refractivity contribution in [3.63, 3.8) is 0 Å². The molecule has 1 atom stereocenters. The number of amides is 1. The molecule has 0 heterocycles. The molecule has 84 valence electrons. The molecule has 1 amide bonds. The minimum Gasteiger partial charge on any atom is -0.331 e. The van der Waals surface area contributed by atoms with Crippen molar-refractivity contribution in [3.05, 3.63) is 35.9 Å². The van der Waals surface area contributed by atoms with Crippen LogP contribution in [0.25, 0.3) is 0 Å². The summed E-state index contributed by atoms with van der Waals surface area (Å²) in [4.78, 5) is 13.8. The van der Waals surface area contributed by atoms with Gasteiger partial charge in [-0.3, -0.25) is 4.79 Å². The lowest BCUT2D eigenvalue weighted by molar-refractivity contribution is -0.131. The summed E-state index contributed by atoms with van der Waals surface area (Å²) in [5, 5.41) is 0. The molecule has 2 nitrogen and oxygen atoms in total. The third kappa shape index (κ3) is 2.87. The summed E-state index contributed by atoms with van der Waals surface area (Å²) in [6.07, 6.45) is 5.24.